The van der Waals surface area contributed by atoms with E-state index in [2.05, 4.69) is 15.5 Å². The Morgan fingerprint density at radius 3 is 2.71 bits per heavy atom. The summed E-state index contributed by atoms with van der Waals surface area (Å²) >= 11 is 1.30. The maximum absolute atomic E-state index is 13.4. The Morgan fingerprint density at radius 1 is 1.19 bits per heavy atom. The first-order valence-corrected chi connectivity index (χ1v) is 7.04. The molecule has 2 N–H and O–H groups in total. The number of tetrazole rings is 1. The van der Waals surface area contributed by atoms with E-state index in [0.29, 0.717) is 16.4 Å². The third-order valence-corrected chi connectivity index (χ3v) is 3.94. The molecule has 1 aromatic heterocycles. The molecule has 0 atom stereocenters. The van der Waals surface area contributed by atoms with Crippen LogP contribution in [0.5, 0.6) is 0 Å². The van der Waals surface area contributed by atoms with Gasteiger partial charge in [-0.15, -0.1) is 5.10 Å². The second-order valence-corrected chi connectivity index (χ2v) is 5.46. The number of rotatable bonds is 3. The summed E-state index contributed by atoms with van der Waals surface area (Å²) in [5.41, 5.74) is 7.61. The highest BCUT2D eigenvalue weighted by molar-refractivity contribution is 7.99. The number of hydrogen-bond donors (Lipinski definition) is 1. The van der Waals surface area contributed by atoms with Crippen LogP contribution in [0, 0.1) is 12.7 Å². The zero-order chi connectivity index (χ0) is 14.8. The zero-order valence-electron chi connectivity index (χ0n) is 11.2. The van der Waals surface area contributed by atoms with E-state index < -0.39 is 0 Å². The first kappa shape index (κ1) is 13.6. The fraction of sp³-hybridized carbons (Fsp3) is 0.0714. The smallest absolute Gasteiger partial charge is 0.218 e. The largest absolute Gasteiger partial charge is 0.398 e. The van der Waals surface area contributed by atoms with Gasteiger partial charge in [-0.1, -0.05) is 18.2 Å². The average Bonchev–Trinajstić information content (AvgIpc) is 2.94. The fourth-order valence-corrected chi connectivity index (χ4v) is 2.75. The summed E-state index contributed by atoms with van der Waals surface area (Å²) in [4.78, 5) is 0.723. The minimum Gasteiger partial charge on any atom is -0.398 e. The monoisotopic (exact) mass is 301 g/mol. The van der Waals surface area contributed by atoms with Crippen LogP contribution in [-0.2, 0) is 0 Å². The van der Waals surface area contributed by atoms with Crippen LogP contribution in [0.1, 0.15) is 5.56 Å². The van der Waals surface area contributed by atoms with Crippen LogP contribution in [0.4, 0.5) is 10.1 Å². The van der Waals surface area contributed by atoms with Crippen molar-refractivity contribution in [2.75, 3.05) is 5.73 Å². The van der Waals surface area contributed by atoms with Crippen molar-refractivity contribution in [3.63, 3.8) is 0 Å². The van der Waals surface area contributed by atoms with Crippen LogP contribution in [0.25, 0.3) is 5.69 Å². The number of benzene rings is 2. The standard InChI is InChI=1S/C14H12FN5S/c1-9-7-13(12(16)8-11(9)15)21-14-17-18-19-20(14)10-5-3-2-4-6-10/h2-8H,16H2,1H3. The summed E-state index contributed by atoms with van der Waals surface area (Å²) in [6.45, 7) is 1.69. The summed E-state index contributed by atoms with van der Waals surface area (Å²) in [6.07, 6.45) is 0. The number of hydrogen-bond acceptors (Lipinski definition) is 5. The molecule has 7 heteroatoms. The molecule has 3 aromatic rings. The van der Waals surface area contributed by atoms with E-state index in [1.807, 2.05) is 30.3 Å². The van der Waals surface area contributed by atoms with E-state index in [1.165, 1.54) is 17.8 Å². The van der Waals surface area contributed by atoms with E-state index in [1.54, 1.807) is 17.7 Å². The van der Waals surface area contributed by atoms with Crippen LogP contribution in [-0.4, -0.2) is 20.2 Å². The van der Waals surface area contributed by atoms with Gasteiger partial charge in [-0.05, 0) is 58.9 Å². The summed E-state index contributed by atoms with van der Waals surface area (Å²) in [5, 5.41) is 12.2. The van der Waals surface area contributed by atoms with E-state index in [-0.39, 0.29) is 5.82 Å². The molecule has 3 rings (SSSR count). The van der Waals surface area contributed by atoms with Crippen molar-refractivity contribution in [2.45, 2.75) is 17.0 Å². The summed E-state index contributed by atoms with van der Waals surface area (Å²) in [6, 6.07) is 12.5. The van der Waals surface area contributed by atoms with Gasteiger partial charge in [0.25, 0.3) is 0 Å². The maximum atomic E-state index is 13.4. The molecule has 0 bridgehead atoms. The van der Waals surface area contributed by atoms with Crippen LogP contribution in [0.3, 0.4) is 0 Å². The first-order valence-electron chi connectivity index (χ1n) is 6.22. The molecule has 0 aliphatic heterocycles. The number of nitrogens with zero attached hydrogens (tertiary/aromatic N) is 4. The Kier molecular flexibility index (Phi) is 3.57. The van der Waals surface area contributed by atoms with Gasteiger partial charge in [-0.25, -0.2) is 4.39 Å². The summed E-state index contributed by atoms with van der Waals surface area (Å²) in [7, 11) is 0. The second kappa shape index (κ2) is 5.53. The first-order chi connectivity index (χ1) is 10.1. The number of aryl methyl sites for hydroxylation is 1. The summed E-state index contributed by atoms with van der Waals surface area (Å²) < 4.78 is 15.1. The lowest BCUT2D eigenvalue weighted by Gasteiger charge is -2.07. The molecular weight excluding hydrogens is 289 g/mol. The van der Waals surface area contributed by atoms with E-state index in [0.717, 1.165) is 10.6 Å². The van der Waals surface area contributed by atoms with Crippen molar-refractivity contribution in [1.82, 2.24) is 20.2 Å². The van der Waals surface area contributed by atoms with Crippen LogP contribution < -0.4 is 5.73 Å². The van der Waals surface area contributed by atoms with Gasteiger partial charge in [0.15, 0.2) is 0 Å². The highest BCUT2D eigenvalue weighted by Gasteiger charge is 2.13. The van der Waals surface area contributed by atoms with Crippen LogP contribution >= 0.6 is 11.8 Å². The van der Waals surface area contributed by atoms with Gasteiger partial charge in [0.05, 0.1) is 5.69 Å². The molecule has 0 aliphatic rings. The van der Waals surface area contributed by atoms with Gasteiger partial charge in [-0.2, -0.15) is 4.68 Å². The molecule has 0 fully saturated rings. The van der Waals surface area contributed by atoms with Crippen molar-refractivity contribution in [3.8, 4) is 5.69 Å². The quantitative estimate of drug-likeness (QED) is 0.753. The number of nitrogens with two attached hydrogens (primary N) is 1. The molecule has 0 spiro atoms. The molecule has 1 heterocycles. The maximum Gasteiger partial charge on any atom is 0.218 e. The van der Waals surface area contributed by atoms with Gasteiger partial charge >= 0.3 is 0 Å². The molecular formula is C14H12FN5S. The number of halogens is 1. The Morgan fingerprint density at radius 2 is 1.95 bits per heavy atom. The Bertz CT molecular complexity index is 772. The van der Waals surface area contributed by atoms with Crippen LogP contribution in [0.15, 0.2) is 52.5 Å². The molecule has 21 heavy (non-hydrogen) atoms. The molecule has 5 nitrogen and oxygen atoms in total. The number of nitrogen functional groups attached to an aromatic ring is 1. The molecule has 0 saturated heterocycles. The third kappa shape index (κ3) is 2.73. The normalized spacial score (nSPS) is 10.8. The van der Waals surface area contributed by atoms with Crippen molar-refractivity contribution >= 4 is 17.4 Å². The number of aromatic nitrogens is 4. The van der Waals surface area contributed by atoms with Crippen molar-refractivity contribution in [3.05, 3.63) is 53.8 Å². The molecule has 0 radical (unpaired) electrons. The van der Waals surface area contributed by atoms with Gasteiger partial charge in [-0.3, -0.25) is 0 Å². The lowest BCUT2D eigenvalue weighted by atomic mass is 10.2. The predicted molar refractivity (Wildman–Crippen MR) is 78.8 cm³/mol. The molecule has 0 amide bonds. The summed E-state index contributed by atoms with van der Waals surface area (Å²) in [5.74, 6) is -0.320. The minimum absolute atomic E-state index is 0.320. The van der Waals surface area contributed by atoms with Crippen molar-refractivity contribution < 1.29 is 4.39 Å². The topological polar surface area (TPSA) is 69.6 Å². The molecule has 106 valence electrons. The van der Waals surface area contributed by atoms with Gasteiger partial charge in [0, 0.05) is 10.6 Å². The Balaban J connectivity index is 1.97. The molecule has 0 unspecified atom stereocenters. The average molecular weight is 301 g/mol. The molecule has 0 saturated carbocycles. The second-order valence-electron chi connectivity index (χ2n) is 4.45. The third-order valence-electron chi connectivity index (χ3n) is 2.93. The Hall–Kier alpha value is -2.41. The predicted octanol–water partition coefficient (Wildman–Crippen LogP) is 2.84. The molecule has 0 aliphatic carbocycles. The van der Waals surface area contributed by atoms with E-state index in [9.17, 15) is 4.39 Å². The highest BCUT2D eigenvalue weighted by atomic mass is 32.2. The van der Waals surface area contributed by atoms with Crippen molar-refractivity contribution in [2.24, 2.45) is 0 Å². The van der Waals surface area contributed by atoms with Crippen molar-refractivity contribution in [1.29, 1.82) is 0 Å². The minimum atomic E-state index is -0.320. The van der Waals surface area contributed by atoms with Gasteiger partial charge in [0.2, 0.25) is 5.16 Å². The van der Waals surface area contributed by atoms with Gasteiger partial charge in [0.1, 0.15) is 5.82 Å². The zero-order valence-corrected chi connectivity index (χ0v) is 12.0. The lowest BCUT2D eigenvalue weighted by molar-refractivity contribution is 0.618. The van der Waals surface area contributed by atoms with Crippen LogP contribution in [0.2, 0.25) is 0 Å². The van der Waals surface area contributed by atoms with Gasteiger partial charge < -0.3 is 5.73 Å². The fourth-order valence-electron chi connectivity index (χ4n) is 1.83. The SMILES string of the molecule is Cc1cc(Sc2nnnn2-c2ccccc2)c(N)cc1F. The van der Waals surface area contributed by atoms with E-state index in [4.69, 9.17) is 5.73 Å². The number of anilines is 1. The molecule has 2 aromatic carbocycles. The Labute approximate surface area is 125 Å². The highest BCUT2D eigenvalue weighted by Crippen LogP contribution is 2.32. The lowest BCUT2D eigenvalue weighted by Crippen LogP contribution is -1.99. The van der Waals surface area contributed by atoms with E-state index >= 15 is 0 Å². The number of para-hydroxylation sites is 1.